The first-order valence-corrected chi connectivity index (χ1v) is 5.11. The normalized spacial score (nSPS) is 13.1. The summed E-state index contributed by atoms with van der Waals surface area (Å²) in [6.45, 7) is 1.96. The van der Waals surface area contributed by atoms with Gasteiger partial charge in [-0.05, 0) is 24.5 Å². The van der Waals surface area contributed by atoms with Crippen molar-refractivity contribution in [3.8, 4) is 0 Å². The second kappa shape index (κ2) is 3.51. The van der Waals surface area contributed by atoms with Crippen molar-refractivity contribution >= 4 is 11.5 Å². The van der Waals surface area contributed by atoms with Crippen molar-refractivity contribution in [2.45, 2.75) is 13.0 Å². The van der Waals surface area contributed by atoms with E-state index < -0.39 is 0 Å². The van der Waals surface area contributed by atoms with Crippen LogP contribution >= 0.6 is 11.5 Å². The molecule has 0 bridgehead atoms. The average molecular weight is 208 g/mol. The second-order valence-electron chi connectivity index (χ2n) is 3.31. The molecule has 2 rings (SSSR count). The van der Waals surface area contributed by atoms with Gasteiger partial charge in [0, 0.05) is 18.1 Å². The van der Waals surface area contributed by atoms with Gasteiger partial charge in [0.05, 0.1) is 23.8 Å². The number of nitrogens with zero attached hydrogens (tertiary/aromatic N) is 3. The van der Waals surface area contributed by atoms with Gasteiger partial charge in [-0.2, -0.15) is 4.37 Å². The van der Waals surface area contributed by atoms with E-state index in [1.54, 1.807) is 6.33 Å². The van der Waals surface area contributed by atoms with E-state index in [0.29, 0.717) is 0 Å². The first kappa shape index (κ1) is 9.36. The molecule has 0 saturated heterocycles. The summed E-state index contributed by atoms with van der Waals surface area (Å²) in [5.41, 5.74) is 7.93. The molecule has 2 N–H and O–H groups in total. The van der Waals surface area contributed by atoms with Crippen molar-refractivity contribution in [1.82, 2.24) is 13.9 Å². The third-order valence-corrected chi connectivity index (χ3v) is 2.96. The van der Waals surface area contributed by atoms with Gasteiger partial charge >= 0.3 is 0 Å². The van der Waals surface area contributed by atoms with E-state index in [1.807, 2.05) is 30.8 Å². The monoisotopic (exact) mass is 208 g/mol. The minimum absolute atomic E-state index is 0.151. The molecule has 5 heteroatoms. The van der Waals surface area contributed by atoms with E-state index in [0.717, 1.165) is 16.3 Å². The summed E-state index contributed by atoms with van der Waals surface area (Å²) < 4.78 is 6.09. The van der Waals surface area contributed by atoms with Gasteiger partial charge in [0.2, 0.25) is 0 Å². The lowest BCUT2D eigenvalue weighted by atomic mass is 10.2. The first-order valence-electron chi connectivity index (χ1n) is 4.33. The summed E-state index contributed by atoms with van der Waals surface area (Å²) >= 11 is 1.44. The van der Waals surface area contributed by atoms with E-state index in [2.05, 4.69) is 9.36 Å². The van der Waals surface area contributed by atoms with Crippen LogP contribution in [0.1, 0.15) is 22.3 Å². The van der Waals surface area contributed by atoms with Gasteiger partial charge in [0.1, 0.15) is 0 Å². The summed E-state index contributed by atoms with van der Waals surface area (Å²) in [5, 5.41) is 0. The number of imidazole rings is 1. The second-order valence-corrected chi connectivity index (χ2v) is 4.15. The molecule has 1 atom stereocenters. The Morgan fingerprint density at radius 3 is 2.86 bits per heavy atom. The molecule has 2 aromatic rings. The van der Waals surface area contributed by atoms with Crippen LogP contribution in [0.15, 0.2) is 18.6 Å². The molecule has 0 fully saturated rings. The lowest BCUT2D eigenvalue weighted by Gasteiger charge is -2.03. The van der Waals surface area contributed by atoms with Gasteiger partial charge in [-0.3, -0.25) is 0 Å². The maximum Gasteiger partial charge on any atom is 0.0947 e. The molecule has 74 valence electrons. The lowest BCUT2D eigenvalue weighted by molar-refractivity contribution is 0.852. The van der Waals surface area contributed by atoms with Crippen molar-refractivity contribution in [2.24, 2.45) is 12.8 Å². The van der Waals surface area contributed by atoms with Crippen LogP contribution in [-0.2, 0) is 7.05 Å². The topological polar surface area (TPSA) is 56.7 Å². The Kier molecular flexibility index (Phi) is 2.35. The van der Waals surface area contributed by atoms with E-state index in [-0.39, 0.29) is 6.04 Å². The van der Waals surface area contributed by atoms with Crippen molar-refractivity contribution in [3.05, 3.63) is 34.9 Å². The van der Waals surface area contributed by atoms with Crippen LogP contribution in [0, 0.1) is 6.92 Å². The van der Waals surface area contributed by atoms with Crippen molar-refractivity contribution < 1.29 is 0 Å². The highest BCUT2D eigenvalue weighted by Gasteiger charge is 2.13. The molecule has 0 aliphatic heterocycles. The number of hydrogen-bond acceptors (Lipinski definition) is 4. The molecule has 4 nitrogen and oxygen atoms in total. The number of rotatable bonds is 2. The molecule has 2 aromatic heterocycles. The summed E-state index contributed by atoms with van der Waals surface area (Å²) in [6.07, 6.45) is 3.68. The standard InChI is InChI=1S/C9H12N4S/c1-6-3-8(14-12-6)9(10)7-4-13(2)5-11-7/h3-5,9H,10H2,1-2H3. The van der Waals surface area contributed by atoms with Crippen LogP contribution in [0.5, 0.6) is 0 Å². The third kappa shape index (κ3) is 1.69. The third-order valence-electron chi connectivity index (χ3n) is 2.00. The fraction of sp³-hybridized carbons (Fsp3) is 0.333. The van der Waals surface area contributed by atoms with Crippen LogP contribution in [0.2, 0.25) is 0 Å². The Labute approximate surface area is 86.6 Å². The maximum absolute atomic E-state index is 6.04. The molecule has 0 aromatic carbocycles. The van der Waals surface area contributed by atoms with E-state index in [9.17, 15) is 0 Å². The molecule has 2 heterocycles. The maximum atomic E-state index is 6.04. The molecule has 0 amide bonds. The fourth-order valence-electron chi connectivity index (χ4n) is 1.27. The van der Waals surface area contributed by atoms with Gasteiger partial charge in [-0.25, -0.2) is 4.98 Å². The molecule has 0 aliphatic carbocycles. The van der Waals surface area contributed by atoms with Crippen LogP contribution in [0.4, 0.5) is 0 Å². The fourth-order valence-corrected chi connectivity index (χ4v) is 2.03. The number of nitrogens with two attached hydrogens (primary N) is 1. The predicted octanol–water partition coefficient (Wildman–Crippen LogP) is 1.23. The molecular weight excluding hydrogens is 196 g/mol. The summed E-state index contributed by atoms with van der Waals surface area (Å²) in [7, 11) is 1.93. The van der Waals surface area contributed by atoms with Gasteiger partial charge in [0.15, 0.2) is 0 Å². The molecule has 0 saturated carbocycles. The summed E-state index contributed by atoms with van der Waals surface area (Å²) in [5.74, 6) is 0. The zero-order valence-electron chi connectivity index (χ0n) is 8.14. The van der Waals surface area contributed by atoms with E-state index in [4.69, 9.17) is 5.73 Å². The SMILES string of the molecule is Cc1cc(C(N)c2cn(C)cn2)sn1. The Hall–Kier alpha value is -1.20. The Balaban J connectivity index is 2.28. The van der Waals surface area contributed by atoms with Crippen LogP contribution in [0.3, 0.4) is 0 Å². The average Bonchev–Trinajstić information content (AvgIpc) is 2.73. The Morgan fingerprint density at radius 1 is 1.57 bits per heavy atom. The van der Waals surface area contributed by atoms with E-state index in [1.165, 1.54) is 11.5 Å². The van der Waals surface area contributed by atoms with Gasteiger partial charge in [-0.1, -0.05) is 0 Å². The van der Waals surface area contributed by atoms with E-state index >= 15 is 0 Å². The highest BCUT2D eigenvalue weighted by molar-refractivity contribution is 7.05. The Bertz CT molecular complexity index is 391. The molecular formula is C9H12N4S. The zero-order chi connectivity index (χ0) is 10.1. The van der Waals surface area contributed by atoms with Gasteiger partial charge < -0.3 is 10.3 Å². The van der Waals surface area contributed by atoms with Crippen molar-refractivity contribution in [1.29, 1.82) is 0 Å². The minimum atomic E-state index is -0.151. The van der Waals surface area contributed by atoms with Crippen LogP contribution in [0.25, 0.3) is 0 Å². The highest BCUT2D eigenvalue weighted by atomic mass is 32.1. The molecule has 0 radical (unpaired) electrons. The molecule has 1 unspecified atom stereocenters. The van der Waals surface area contributed by atoms with Crippen LogP contribution in [-0.4, -0.2) is 13.9 Å². The lowest BCUT2D eigenvalue weighted by Crippen LogP contribution is -2.10. The summed E-state index contributed by atoms with van der Waals surface area (Å²) in [4.78, 5) is 5.27. The zero-order valence-corrected chi connectivity index (χ0v) is 8.95. The minimum Gasteiger partial charge on any atom is -0.340 e. The predicted molar refractivity (Wildman–Crippen MR) is 56.1 cm³/mol. The largest absolute Gasteiger partial charge is 0.340 e. The number of aryl methyl sites for hydroxylation is 2. The number of aromatic nitrogens is 3. The Morgan fingerprint density at radius 2 is 2.36 bits per heavy atom. The molecule has 0 aliphatic rings. The molecule has 14 heavy (non-hydrogen) atoms. The molecule has 0 spiro atoms. The summed E-state index contributed by atoms with van der Waals surface area (Å²) in [6, 6.07) is 1.85. The van der Waals surface area contributed by atoms with Gasteiger partial charge in [-0.15, -0.1) is 0 Å². The highest BCUT2D eigenvalue weighted by Crippen LogP contribution is 2.21. The first-order chi connectivity index (χ1) is 6.66. The van der Waals surface area contributed by atoms with Crippen molar-refractivity contribution in [2.75, 3.05) is 0 Å². The quantitative estimate of drug-likeness (QED) is 0.807. The smallest absolute Gasteiger partial charge is 0.0947 e. The van der Waals surface area contributed by atoms with Gasteiger partial charge in [0.25, 0.3) is 0 Å². The van der Waals surface area contributed by atoms with Crippen LogP contribution < -0.4 is 5.73 Å². The number of hydrogen-bond donors (Lipinski definition) is 1. The van der Waals surface area contributed by atoms with Crippen molar-refractivity contribution in [3.63, 3.8) is 0 Å².